The maximum absolute atomic E-state index is 2.37. The fraction of sp³-hybridized carbons (Fsp3) is 0.600. The molecule has 0 unspecified atom stereocenters. The molecule has 0 aromatic heterocycles. The van der Waals surface area contributed by atoms with Crippen molar-refractivity contribution in [2.24, 2.45) is 5.41 Å². The first kappa shape index (κ1) is 16.4. The summed E-state index contributed by atoms with van der Waals surface area (Å²) < 4.78 is 1.59. The van der Waals surface area contributed by atoms with Crippen molar-refractivity contribution in [3.8, 4) is 0 Å². The molecule has 0 bridgehead atoms. The van der Waals surface area contributed by atoms with Crippen molar-refractivity contribution in [1.29, 1.82) is 0 Å². The molecule has 0 fully saturated rings. The molecule has 0 spiro atoms. The van der Waals surface area contributed by atoms with Crippen molar-refractivity contribution in [1.82, 2.24) is 0 Å². The van der Waals surface area contributed by atoms with Crippen LogP contribution >= 0.6 is 24.8 Å². The molecule has 0 aromatic carbocycles. The summed E-state index contributed by atoms with van der Waals surface area (Å²) in [5.74, 6) is 0. The first-order chi connectivity index (χ1) is 4.97. The van der Waals surface area contributed by atoms with Crippen LogP contribution < -0.4 is 0 Å². The second-order valence-corrected chi connectivity index (χ2v) is 5.97. The van der Waals surface area contributed by atoms with E-state index in [1.54, 1.807) is 33.6 Å². The van der Waals surface area contributed by atoms with Gasteiger partial charge in [0.1, 0.15) is 0 Å². The van der Waals surface area contributed by atoms with Crippen molar-refractivity contribution in [2.45, 2.75) is 33.6 Å². The third-order valence-corrected chi connectivity index (χ3v) is 2.53. The minimum absolute atomic E-state index is 0. The summed E-state index contributed by atoms with van der Waals surface area (Å²) in [6.07, 6.45) is 7.17. The number of rotatable bonds is 1. The van der Waals surface area contributed by atoms with Gasteiger partial charge in [-0.25, -0.2) is 0 Å². The van der Waals surface area contributed by atoms with Gasteiger partial charge in [0, 0.05) is 0 Å². The summed E-state index contributed by atoms with van der Waals surface area (Å²) in [7, 11) is 0. The zero-order valence-corrected chi connectivity index (χ0v) is 12.5. The molecule has 0 radical (unpaired) electrons. The summed E-state index contributed by atoms with van der Waals surface area (Å²) in [4.78, 5) is 0. The number of halogens is 2. The first-order valence-electron chi connectivity index (χ1n) is 4.08. The Morgan fingerprint density at radius 1 is 1.31 bits per heavy atom. The van der Waals surface area contributed by atoms with E-state index in [4.69, 9.17) is 0 Å². The molecule has 75 valence electrons. The van der Waals surface area contributed by atoms with E-state index < -0.39 is 0 Å². The van der Waals surface area contributed by atoms with E-state index in [0.717, 1.165) is 0 Å². The molecule has 0 amide bonds. The molecule has 0 aromatic rings. The first-order valence-corrected chi connectivity index (χ1v) is 5.31. The van der Waals surface area contributed by atoms with Gasteiger partial charge in [-0.2, -0.15) is 0 Å². The molecule has 0 heterocycles. The predicted molar refractivity (Wildman–Crippen MR) is 59.4 cm³/mol. The molecule has 0 atom stereocenters. The Balaban J connectivity index is 0. The van der Waals surface area contributed by atoms with E-state index in [1.165, 1.54) is 12.8 Å². The quantitative estimate of drug-likeness (QED) is 0.686. The van der Waals surface area contributed by atoms with Gasteiger partial charge >= 0.3 is 84.8 Å². The Labute approximate surface area is 109 Å². The molecule has 0 N–H and O–H groups in total. The van der Waals surface area contributed by atoms with Crippen LogP contribution in [-0.4, -0.2) is 0 Å². The molecule has 3 heteroatoms. The molecule has 13 heavy (non-hydrogen) atoms. The van der Waals surface area contributed by atoms with Crippen LogP contribution in [0.5, 0.6) is 0 Å². The van der Waals surface area contributed by atoms with Gasteiger partial charge < -0.3 is 0 Å². The van der Waals surface area contributed by atoms with Gasteiger partial charge in [0.25, 0.3) is 0 Å². The van der Waals surface area contributed by atoms with Crippen molar-refractivity contribution < 1.29 is 24.7 Å². The number of hydrogen-bond acceptors (Lipinski definition) is 0. The van der Waals surface area contributed by atoms with Crippen LogP contribution in [0.1, 0.15) is 33.6 Å². The molecule has 1 aliphatic carbocycles. The summed E-state index contributed by atoms with van der Waals surface area (Å²) in [6, 6.07) is 0. The van der Waals surface area contributed by atoms with E-state index in [9.17, 15) is 0 Å². The normalized spacial score (nSPS) is 15.2. The van der Waals surface area contributed by atoms with Gasteiger partial charge in [0.05, 0.1) is 0 Å². The van der Waals surface area contributed by atoms with E-state index in [-0.39, 0.29) is 24.8 Å². The Kier molecular flexibility index (Phi) is 8.10. The molecule has 1 rings (SSSR count). The second kappa shape index (κ2) is 6.43. The molecule has 0 saturated heterocycles. The zero-order chi connectivity index (χ0) is 8.48. The largest absolute Gasteiger partial charge is 0.147 e. The number of hydrogen-bond donors (Lipinski definition) is 0. The van der Waals surface area contributed by atoms with Crippen LogP contribution in [0.2, 0.25) is 0 Å². The number of allylic oxidation sites excluding steroid dienone is 4. The average Bonchev–Trinajstić information content (AvgIpc) is 2.10. The third kappa shape index (κ3) is 6.94. The standard InChI is InChI=1S/C10H15.2ClH.Zr/c1-10(2,3)8-9-6-4-5-7-9;;;/h6-7H,4,8H2,1-3H3;2*1H;. The third-order valence-electron chi connectivity index (χ3n) is 1.68. The van der Waals surface area contributed by atoms with Crippen LogP contribution in [0.4, 0.5) is 0 Å². The summed E-state index contributed by atoms with van der Waals surface area (Å²) in [5, 5.41) is 0. The Morgan fingerprint density at radius 2 is 1.85 bits per heavy atom. The molecule has 0 nitrogen and oxygen atoms in total. The van der Waals surface area contributed by atoms with E-state index in [1.807, 2.05) is 0 Å². The molecule has 1 aliphatic rings. The fourth-order valence-electron chi connectivity index (χ4n) is 1.32. The molecular weight excluding hydrogens is 282 g/mol. The van der Waals surface area contributed by atoms with E-state index in [2.05, 4.69) is 32.9 Å². The van der Waals surface area contributed by atoms with Crippen LogP contribution in [-0.2, 0) is 24.7 Å². The van der Waals surface area contributed by atoms with Gasteiger partial charge in [-0.05, 0) is 0 Å². The molecule has 0 saturated carbocycles. The van der Waals surface area contributed by atoms with Gasteiger partial charge in [-0.15, -0.1) is 24.8 Å². The maximum Gasteiger partial charge on any atom is -0.147 e. The average molecular weight is 299 g/mol. The van der Waals surface area contributed by atoms with Gasteiger partial charge in [0.2, 0.25) is 0 Å². The summed E-state index contributed by atoms with van der Waals surface area (Å²) in [5.41, 5.74) is 1.99. The topological polar surface area (TPSA) is 0 Å². The van der Waals surface area contributed by atoms with Crippen molar-refractivity contribution in [2.75, 3.05) is 0 Å². The maximum atomic E-state index is 2.37. The summed E-state index contributed by atoms with van der Waals surface area (Å²) >= 11 is 1.58. The monoisotopic (exact) mass is 297 g/mol. The fourth-order valence-corrected chi connectivity index (χ4v) is 2.02. The summed E-state index contributed by atoms with van der Waals surface area (Å²) in [6.45, 7) is 6.88. The van der Waals surface area contributed by atoms with Crippen LogP contribution in [0.15, 0.2) is 21.0 Å². The Bertz CT molecular complexity index is 211. The van der Waals surface area contributed by atoms with E-state index >= 15 is 0 Å². The Hall–Kier alpha value is 0.943. The SMILES string of the molecule is CC(C)(C)CC1=CC[C]([Zr])=C1.Cl.Cl. The molecule has 0 aliphatic heterocycles. The van der Waals surface area contributed by atoms with Gasteiger partial charge in [-0.1, -0.05) is 0 Å². The van der Waals surface area contributed by atoms with Crippen LogP contribution in [0.3, 0.4) is 0 Å². The minimum Gasteiger partial charge on any atom is -0.147 e. The smallest absolute Gasteiger partial charge is 0.147 e. The van der Waals surface area contributed by atoms with Gasteiger partial charge in [-0.3, -0.25) is 0 Å². The van der Waals surface area contributed by atoms with Crippen molar-refractivity contribution in [3.05, 3.63) is 21.0 Å². The second-order valence-electron chi connectivity index (χ2n) is 4.39. The van der Waals surface area contributed by atoms with Crippen LogP contribution in [0, 0.1) is 5.41 Å². The van der Waals surface area contributed by atoms with Crippen molar-refractivity contribution in [3.63, 3.8) is 0 Å². The van der Waals surface area contributed by atoms with Gasteiger partial charge in [0.15, 0.2) is 0 Å². The predicted octanol–water partition coefficient (Wildman–Crippen LogP) is 4.03. The van der Waals surface area contributed by atoms with E-state index in [0.29, 0.717) is 5.41 Å². The zero-order valence-electron chi connectivity index (χ0n) is 8.39. The Morgan fingerprint density at radius 3 is 2.15 bits per heavy atom. The van der Waals surface area contributed by atoms with Crippen LogP contribution in [0.25, 0.3) is 0 Å². The van der Waals surface area contributed by atoms with Crippen molar-refractivity contribution >= 4 is 24.8 Å². The minimum atomic E-state index is 0. The molecular formula is C10H17Cl2Zr.